The van der Waals surface area contributed by atoms with Gasteiger partial charge in [0.25, 0.3) is 0 Å². The largest absolute Gasteiger partial charge is 0.463 e. The second-order valence-electron chi connectivity index (χ2n) is 1.89. The van der Waals surface area contributed by atoms with Crippen LogP contribution in [0.2, 0.25) is 0 Å². The Morgan fingerprint density at radius 3 is 2.45 bits per heavy atom. The summed E-state index contributed by atoms with van der Waals surface area (Å²) in [4.78, 5) is 0. The Morgan fingerprint density at radius 1 is 1.36 bits per heavy atom. The van der Waals surface area contributed by atoms with Crippen molar-refractivity contribution in [1.29, 1.82) is 5.26 Å². The molecular formula is C8H6FNO. The van der Waals surface area contributed by atoms with Crippen LogP contribution < -0.4 is 4.74 Å². The van der Waals surface area contributed by atoms with Crippen molar-refractivity contribution in [2.45, 2.75) is 0 Å². The maximum Gasteiger partial charge on any atom is 0.228 e. The van der Waals surface area contributed by atoms with Gasteiger partial charge in [0.05, 0.1) is 11.6 Å². The molecule has 0 N–H and O–H groups in total. The van der Waals surface area contributed by atoms with Crippen molar-refractivity contribution in [3.8, 4) is 11.8 Å². The minimum Gasteiger partial charge on any atom is -0.463 e. The number of nitrogens with zero attached hydrogens (tertiary/aromatic N) is 1. The van der Waals surface area contributed by atoms with E-state index in [0.29, 0.717) is 11.3 Å². The SMILES string of the molecule is N#[14C]c1ccc(OCF)cc1. The summed E-state index contributed by atoms with van der Waals surface area (Å²) in [6.45, 7) is -0.841. The van der Waals surface area contributed by atoms with Gasteiger partial charge in [0.15, 0.2) is 0 Å². The molecule has 1 rings (SSSR count). The molecule has 0 unspecified atom stereocenters. The highest BCUT2D eigenvalue weighted by molar-refractivity contribution is 5.34. The van der Waals surface area contributed by atoms with Gasteiger partial charge in [-0.25, -0.2) is 4.39 Å². The summed E-state index contributed by atoms with van der Waals surface area (Å²) in [5, 5.41) is 8.39. The minimum absolute atomic E-state index is 0.437. The van der Waals surface area contributed by atoms with Crippen molar-refractivity contribution < 1.29 is 9.13 Å². The molecule has 0 saturated heterocycles. The third-order valence-electron chi connectivity index (χ3n) is 1.20. The van der Waals surface area contributed by atoms with Crippen LogP contribution >= 0.6 is 0 Å². The van der Waals surface area contributed by atoms with Gasteiger partial charge in [-0.2, -0.15) is 5.26 Å². The van der Waals surface area contributed by atoms with Crippen LogP contribution in [0.15, 0.2) is 24.3 Å². The zero-order valence-corrected chi connectivity index (χ0v) is 5.75. The highest BCUT2D eigenvalue weighted by atomic mass is 19.1. The molecule has 0 aliphatic rings. The van der Waals surface area contributed by atoms with E-state index in [2.05, 4.69) is 4.74 Å². The van der Waals surface area contributed by atoms with Crippen molar-refractivity contribution >= 4 is 0 Å². The predicted octanol–water partition coefficient (Wildman–Crippen LogP) is 1.86. The highest BCUT2D eigenvalue weighted by Crippen LogP contribution is 2.10. The molecule has 0 aliphatic heterocycles. The Bertz CT molecular complexity index is 262. The van der Waals surface area contributed by atoms with Gasteiger partial charge >= 0.3 is 0 Å². The molecule has 3 heteroatoms. The topological polar surface area (TPSA) is 33.0 Å². The first-order valence-electron chi connectivity index (χ1n) is 3.06. The molecule has 0 aromatic heterocycles. The summed E-state index contributed by atoms with van der Waals surface area (Å²) in [5.41, 5.74) is 0.538. The molecule has 2 nitrogen and oxygen atoms in total. The van der Waals surface area contributed by atoms with Gasteiger partial charge in [-0.1, -0.05) is 0 Å². The van der Waals surface area contributed by atoms with E-state index < -0.39 is 6.86 Å². The van der Waals surface area contributed by atoms with E-state index in [1.54, 1.807) is 24.3 Å². The average molecular weight is 153 g/mol. The Kier molecular flexibility index (Phi) is 2.45. The van der Waals surface area contributed by atoms with Crippen molar-refractivity contribution in [2.75, 3.05) is 6.86 Å². The molecule has 0 amide bonds. The lowest BCUT2D eigenvalue weighted by Gasteiger charge is -1.98. The van der Waals surface area contributed by atoms with Gasteiger partial charge in [-0.15, -0.1) is 0 Å². The molecule has 0 aliphatic carbocycles. The van der Waals surface area contributed by atoms with Gasteiger partial charge in [0, 0.05) is 0 Å². The minimum atomic E-state index is -0.841. The first-order chi connectivity index (χ1) is 5.36. The quantitative estimate of drug-likeness (QED) is 0.649. The third kappa shape index (κ3) is 1.94. The fourth-order valence-corrected chi connectivity index (χ4v) is 0.689. The Hall–Kier alpha value is -1.56. The number of hydrogen-bond donors (Lipinski definition) is 0. The molecule has 0 bridgehead atoms. The van der Waals surface area contributed by atoms with Crippen molar-refractivity contribution in [3.05, 3.63) is 29.8 Å². The monoisotopic (exact) mass is 153 g/mol. The Labute approximate surface area is 63.8 Å². The summed E-state index contributed by atoms with van der Waals surface area (Å²) in [6.07, 6.45) is 0. The van der Waals surface area contributed by atoms with Crippen molar-refractivity contribution in [2.24, 2.45) is 0 Å². The van der Waals surface area contributed by atoms with Crippen LogP contribution in [0, 0.1) is 11.3 Å². The summed E-state index contributed by atoms with van der Waals surface area (Å²) < 4.78 is 16.1. The van der Waals surface area contributed by atoms with E-state index in [1.807, 2.05) is 6.07 Å². The van der Waals surface area contributed by atoms with E-state index in [4.69, 9.17) is 5.26 Å². The molecule has 56 valence electrons. The zero-order valence-electron chi connectivity index (χ0n) is 5.75. The second-order valence-corrected chi connectivity index (χ2v) is 1.89. The van der Waals surface area contributed by atoms with Gasteiger partial charge in [-0.05, 0) is 24.3 Å². The number of hydrogen-bond acceptors (Lipinski definition) is 2. The predicted molar refractivity (Wildman–Crippen MR) is 37.8 cm³/mol. The van der Waals surface area contributed by atoms with Crippen LogP contribution in [-0.2, 0) is 0 Å². The molecule has 0 radical (unpaired) electrons. The number of benzene rings is 1. The van der Waals surface area contributed by atoms with Crippen LogP contribution in [0.4, 0.5) is 4.39 Å². The first kappa shape index (κ1) is 7.55. The summed E-state index contributed by atoms with van der Waals surface area (Å²) in [5.74, 6) is 0.437. The van der Waals surface area contributed by atoms with E-state index >= 15 is 0 Å². The Balaban J connectivity index is 2.76. The molecule has 1 aromatic rings. The van der Waals surface area contributed by atoms with Gasteiger partial charge in [-0.3, -0.25) is 0 Å². The standard InChI is InChI=1S/C8H6FNO/c9-6-11-8-3-1-7(5-10)2-4-8/h1-4H,6H2/i5+2. The first-order valence-corrected chi connectivity index (χ1v) is 3.06. The zero-order chi connectivity index (χ0) is 8.10. The molecule has 1 aromatic carbocycles. The van der Waals surface area contributed by atoms with Crippen LogP contribution in [0.25, 0.3) is 0 Å². The van der Waals surface area contributed by atoms with Crippen molar-refractivity contribution in [3.63, 3.8) is 0 Å². The summed E-state index contributed by atoms with van der Waals surface area (Å²) in [6, 6.07) is 8.20. The molecule has 0 heterocycles. The van der Waals surface area contributed by atoms with E-state index in [0.717, 1.165) is 0 Å². The highest BCUT2D eigenvalue weighted by Gasteiger charge is 1.91. The molecule has 11 heavy (non-hydrogen) atoms. The lowest BCUT2D eigenvalue weighted by molar-refractivity contribution is 0.192. The fourth-order valence-electron chi connectivity index (χ4n) is 0.689. The van der Waals surface area contributed by atoms with Gasteiger partial charge in [0.2, 0.25) is 6.86 Å². The van der Waals surface area contributed by atoms with Gasteiger partial charge < -0.3 is 4.74 Å². The smallest absolute Gasteiger partial charge is 0.228 e. The van der Waals surface area contributed by atoms with E-state index in [1.165, 1.54) is 0 Å². The van der Waals surface area contributed by atoms with Crippen LogP contribution in [0.5, 0.6) is 5.75 Å². The second kappa shape index (κ2) is 3.57. The maximum atomic E-state index is 11.6. The van der Waals surface area contributed by atoms with Crippen molar-refractivity contribution in [1.82, 2.24) is 0 Å². The average Bonchev–Trinajstić information content (AvgIpc) is 2.07. The third-order valence-corrected chi connectivity index (χ3v) is 1.20. The molecule has 0 spiro atoms. The number of nitriles is 1. The summed E-state index contributed by atoms with van der Waals surface area (Å²) in [7, 11) is 0. The summed E-state index contributed by atoms with van der Waals surface area (Å²) >= 11 is 0. The molecule has 0 atom stereocenters. The van der Waals surface area contributed by atoms with Gasteiger partial charge in [0.1, 0.15) is 5.75 Å². The number of alkyl halides is 1. The Morgan fingerprint density at radius 2 is 2.00 bits per heavy atom. The van der Waals surface area contributed by atoms with Crippen LogP contribution in [0.3, 0.4) is 0 Å². The molecule has 0 saturated carbocycles. The van der Waals surface area contributed by atoms with E-state index in [9.17, 15) is 4.39 Å². The maximum absolute atomic E-state index is 11.6. The molecular weight excluding hydrogens is 147 g/mol. The van der Waals surface area contributed by atoms with Crippen LogP contribution in [0.1, 0.15) is 5.56 Å². The number of ether oxygens (including phenoxy) is 1. The number of halogens is 1. The fraction of sp³-hybridized carbons (Fsp3) is 0.125. The molecule has 0 fully saturated rings. The normalized spacial score (nSPS) is 8.73. The van der Waals surface area contributed by atoms with E-state index in [-0.39, 0.29) is 0 Å². The lowest BCUT2D eigenvalue weighted by Crippen LogP contribution is -1.88. The number of rotatable bonds is 2. The lowest BCUT2D eigenvalue weighted by atomic mass is 10.3. The van der Waals surface area contributed by atoms with Crippen LogP contribution in [-0.4, -0.2) is 6.86 Å².